The van der Waals surface area contributed by atoms with Gasteiger partial charge in [0, 0.05) is 12.1 Å². The van der Waals surface area contributed by atoms with Gasteiger partial charge in [0.2, 0.25) is 0 Å². The van der Waals surface area contributed by atoms with Gasteiger partial charge in [-0.1, -0.05) is 0 Å². The molecule has 12 heavy (non-hydrogen) atoms. The van der Waals surface area contributed by atoms with Crippen LogP contribution in [0.5, 0.6) is 0 Å². The average Bonchev–Trinajstić information content (AvgIpc) is 2.36. The van der Waals surface area contributed by atoms with E-state index in [1.165, 1.54) is 0 Å². The fourth-order valence-corrected chi connectivity index (χ4v) is 0.972. The summed E-state index contributed by atoms with van der Waals surface area (Å²) in [5.41, 5.74) is 7.34. The molecule has 0 saturated heterocycles. The molecule has 0 aliphatic carbocycles. The average molecular weight is 185 g/mol. The predicted octanol–water partition coefficient (Wildman–Crippen LogP) is 0.473. The molecule has 0 bridgehead atoms. The van der Waals surface area contributed by atoms with Crippen molar-refractivity contribution in [2.45, 2.75) is 19.4 Å². The predicted molar refractivity (Wildman–Crippen MR) is 50.2 cm³/mol. The second-order valence-electron chi connectivity index (χ2n) is 2.62. The first-order chi connectivity index (χ1) is 5.61. The summed E-state index contributed by atoms with van der Waals surface area (Å²) in [4.78, 5) is 6.95. The van der Waals surface area contributed by atoms with Crippen LogP contribution in [0.15, 0.2) is 6.33 Å². The maximum absolute atomic E-state index is 8.88. The fraction of sp³-hybridized carbons (Fsp3) is 0.429. The van der Waals surface area contributed by atoms with E-state index in [0.717, 1.165) is 11.4 Å². The summed E-state index contributed by atoms with van der Waals surface area (Å²) in [5, 5.41) is 8.71. The summed E-state index contributed by atoms with van der Waals surface area (Å²) in [7, 11) is 0. The summed E-state index contributed by atoms with van der Waals surface area (Å²) >= 11 is 4.53. The molecule has 4 N–H and O–H groups in total. The van der Waals surface area contributed by atoms with Crippen LogP contribution in [0.3, 0.4) is 0 Å². The van der Waals surface area contributed by atoms with Crippen LogP contribution in [0, 0.1) is 6.92 Å². The van der Waals surface area contributed by atoms with E-state index in [0.29, 0.717) is 6.42 Å². The van der Waals surface area contributed by atoms with Crippen molar-refractivity contribution >= 4 is 17.3 Å². The molecule has 1 aromatic rings. The Balaban J connectivity index is 2.64. The number of thiocarbonyl (C=S) groups is 1. The smallest absolute Gasteiger partial charge is 0.174 e. The number of nitrogens with zero attached hydrogens (tertiary/aromatic N) is 1. The zero-order chi connectivity index (χ0) is 9.14. The highest BCUT2D eigenvalue weighted by Crippen LogP contribution is 2.03. The van der Waals surface area contributed by atoms with Gasteiger partial charge in [-0.2, -0.15) is 0 Å². The first kappa shape index (κ1) is 9.15. The van der Waals surface area contributed by atoms with Crippen LogP contribution in [-0.2, 0) is 6.42 Å². The molecule has 1 heterocycles. The number of imidazole rings is 1. The number of nitrogens with one attached hydrogen (secondary N) is 1. The van der Waals surface area contributed by atoms with Gasteiger partial charge >= 0.3 is 0 Å². The lowest BCUT2D eigenvalue weighted by Crippen LogP contribution is -2.31. The Morgan fingerprint density at radius 1 is 1.92 bits per heavy atom. The van der Waals surface area contributed by atoms with Crippen LogP contribution in [0.2, 0.25) is 0 Å². The van der Waals surface area contributed by atoms with Crippen molar-refractivity contribution in [1.82, 2.24) is 9.97 Å². The quantitative estimate of drug-likeness (QED) is 0.598. The van der Waals surface area contributed by atoms with Crippen LogP contribution in [0.1, 0.15) is 11.4 Å². The van der Waals surface area contributed by atoms with Gasteiger partial charge in [0.25, 0.3) is 0 Å². The third-order valence-corrected chi connectivity index (χ3v) is 1.97. The molecule has 0 aromatic carbocycles. The molecule has 1 rings (SSSR count). The van der Waals surface area contributed by atoms with Crippen LogP contribution in [0.25, 0.3) is 0 Å². The molecule has 0 saturated carbocycles. The monoisotopic (exact) mass is 185 g/mol. The van der Waals surface area contributed by atoms with Gasteiger partial charge in [-0.3, -0.25) is 0 Å². The van der Waals surface area contributed by atoms with Gasteiger partial charge in [-0.25, -0.2) is 4.98 Å². The molecule has 0 amide bonds. The molecule has 0 spiro atoms. The van der Waals surface area contributed by atoms with E-state index in [1.807, 2.05) is 6.92 Å². The minimum absolute atomic E-state index is 0.169. The summed E-state index contributed by atoms with van der Waals surface area (Å²) in [6.07, 6.45) is 2.07. The number of aliphatic hydroxyl groups is 1. The lowest BCUT2D eigenvalue weighted by molar-refractivity contribution is 0.528. The van der Waals surface area contributed by atoms with Gasteiger partial charge in [-0.05, 0) is 19.1 Å². The standard InChI is InChI=1S/C7H11N3OS/c1-4-6(10-3-9-4)2-5(8)7(11)12/h3,5H,2,8H2,1H3,(H,9,10)(H,11,12). The van der Waals surface area contributed by atoms with Crippen molar-refractivity contribution in [3.8, 4) is 0 Å². The number of aliphatic hydroxyl groups excluding tert-OH is 1. The first-order valence-electron chi connectivity index (χ1n) is 3.58. The van der Waals surface area contributed by atoms with Gasteiger partial charge in [0.05, 0.1) is 18.1 Å². The van der Waals surface area contributed by atoms with Crippen molar-refractivity contribution < 1.29 is 5.11 Å². The van der Waals surface area contributed by atoms with Crippen LogP contribution >= 0.6 is 12.2 Å². The normalized spacial score (nSPS) is 12.8. The van der Waals surface area contributed by atoms with Crippen molar-refractivity contribution in [2.24, 2.45) is 5.73 Å². The lowest BCUT2D eigenvalue weighted by atomic mass is 10.1. The van der Waals surface area contributed by atoms with Gasteiger partial charge in [0.1, 0.15) is 0 Å². The molecule has 4 nitrogen and oxygen atoms in total. The number of aromatic amines is 1. The topological polar surface area (TPSA) is 74.9 Å². The lowest BCUT2D eigenvalue weighted by Gasteiger charge is -2.05. The largest absolute Gasteiger partial charge is 0.501 e. The van der Waals surface area contributed by atoms with E-state index in [-0.39, 0.29) is 5.05 Å². The number of H-pyrrole nitrogens is 1. The number of hydrogen-bond donors (Lipinski definition) is 3. The Kier molecular flexibility index (Phi) is 2.78. The van der Waals surface area contributed by atoms with E-state index in [9.17, 15) is 0 Å². The van der Waals surface area contributed by atoms with Crippen molar-refractivity contribution in [1.29, 1.82) is 0 Å². The van der Waals surface area contributed by atoms with Crippen molar-refractivity contribution in [3.05, 3.63) is 17.7 Å². The highest BCUT2D eigenvalue weighted by Gasteiger charge is 2.11. The van der Waals surface area contributed by atoms with Crippen LogP contribution in [0.4, 0.5) is 0 Å². The Hall–Kier alpha value is -0.940. The molecule has 66 valence electrons. The highest BCUT2D eigenvalue weighted by molar-refractivity contribution is 7.80. The Morgan fingerprint density at radius 2 is 2.58 bits per heavy atom. The Bertz CT molecular complexity index is 284. The number of aromatic nitrogens is 2. The molecule has 1 unspecified atom stereocenters. The van der Waals surface area contributed by atoms with Gasteiger partial charge in [-0.15, -0.1) is 0 Å². The highest BCUT2D eigenvalue weighted by atomic mass is 32.1. The summed E-state index contributed by atoms with van der Waals surface area (Å²) < 4.78 is 0. The molecule has 0 aliphatic heterocycles. The zero-order valence-electron chi connectivity index (χ0n) is 6.74. The third kappa shape index (κ3) is 2.02. The summed E-state index contributed by atoms with van der Waals surface area (Å²) in [6, 6.07) is -0.498. The van der Waals surface area contributed by atoms with Crippen LogP contribution in [-0.4, -0.2) is 26.2 Å². The van der Waals surface area contributed by atoms with E-state index < -0.39 is 6.04 Å². The third-order valence-electron chi connectivity index (χ3n) is 1.66. The first-order valence-corrected chi connectivity index (χ1v) is 3.99. The fourth-order valence-electron chi connectivity index (χ4n) is 0.889. The number of aryl methyl sites for hydroxylation is 1. The van der Waals surface area contributed by atoms with Gasteiger partial charge < -0.3 is 15.8 Å². The molecule has 1 atom stereocenters. The SMILES string of the molecule is Cc1[nH]cnc1CC(N)C(O)=S. The zero-order valence-corrected chi connectivity index (χ0v) is 7.56. The number of rotatable bonds is 3. The molecular formula is C7H11N3OS. The van der Waals surface area contributed by atoms with E-state index in [2.05, 4.69) is 22.2 Å². The second-order valence-corrected chi connectivity index (χ2v) is 3.04. The Labute approximate surface area is 75.8 Å². The van der Waals surface area contributed by atoms with Crippen molar-refractivity contribution in [3.63, 3.8) is 0 Å². The van der Waals surface area contributed by atoms with Crippen molar-refractivity contribution in [2.75, 3.05) is 0 Å². The summed E-state index contributed by atoms with van der Waals surface area (Å²) in [5.74, 6) is 0. The second kappa shape index (κ2) is 3.64. The molecular weight excluding hydrogens is 174 g/mol. The van der Waals surface area contributed by atoms with E-state index in [1.54, 1.807) is 6.33 Å². The maximum Gasteiger partial charge on any atom is 0.174 e. The maximum atomic E-state index is 8.88. The van der Waals surface area contributed by atoms with E-state index >= 15 is 0 Å². The number of nitrogens with two attached hydrogens (primary N) is 1. The minimum Gasteiger partial charge on any atom is -0.501 e. The van der Waals surface area contributed by atoms with Crippen LogP contribution < -0.4 is 5.73 Å². The molecule has 5 heteroatoms. The molecule has 1 aromatic heterocycles. The number of hydrogen-bond acceptors (Lipinski definition) is 3. The summed E-state index contributed by atoms with van der Waals surface area (Å²) in [6.45, 7) is 1.90. The van der Waals surface area contributed by atoms with Gasteiger partial charge in [0.15, 0.2) is 5.05 Å². The molecule has 0 radical (unpaired) electrons. The Morgan fingerprint density at radius 3 is 3.00 bits per heavy atom. The molecule has 0 fully saturated rings. The minimum atomic E-state index is -0.498. The van der Waals surface area contributed by atoms with E-state index in [4.69, 9.17) is 10.8 Å². The molecule has 0 aliphatic rings.